The molecule has 7 nitrogen and oxygen atoms in total. The first-order valence-electron chi connectivity index (χ1n) is 10.6. The number of ether oxygens (including phenoxy) is 2. The van der Waals surface area contributed by atoms with Crippen LogP contribution in [0.2, 0.25) is 10.0 Å². The van der Waals surface area contributed by atoms with E-state index in [0.717, 1.165) is 17.7 Å². The zero-order valence-electron chi connectivity index (χ0n) is 18.7. The molecule has 0 bridgehead atoms. The van der Waals surface area contributed by atoms with Crippen LogP contribution in [-0.4, -0.2) is 39.1 Å². The number of nitrogens with one attached hydrogen (secondary N) is 1. The fourth-order valence-corrected chi connectivity index (χ4v) is 5.97. The lowest BCUT2D eigenvalue weighted by Gasteiger charge is -2.14. The van der Waals surface area contributed by atoms with Gasteiger partial charge in [0, 0.05) is 22.7 Å². The lowest BCUT2D eigenvalue weighted by Crippen LogP contribution is -2.25. The van der Waals surface area contributed by atoms with Crippen molar-refractivity contribution in [3.8, 4) is 11.5 Å². The van der Waals surface area contributed by atoms with Crippen molar-refractivity contribution in [3.05, 3.63) is 68.3 Å². The summed E-state index contributed by atoms with van der Waals surface area (Å²) in [5.41, 5.74) is 0.743. The summed E-state index contributed by atoms with van der Waals surface area (Å²) in [5.74, 6) is -1.35. The van der Waals surface area contributed by atoms with E-state index in [9.17, 15) is 17.6 Å². The molecule has 0 amide bonds. The van der Waals surface area contributed by atoms with E-state index in [-0.39, 0.29) is 23.3 Å². The molecule has 3 aromatic rings. The molecule has 0 atom stereocenters. The molecule has 0 saturated heterocycles. The Morgan fingerprint density at radius 1 is 1.20 bits per heavy atom. The first-order chi connectivity index (χ1) is 16.7. The van der Waals surface area contributed by atoms with Gasteiger partial charge in [0.1, 0.15) is 33.0 Å². The Labute approximate surface area is 217 Å². The van der Waals surface area contributed by atoms with Gasteiger partial charge in [-0.1, -0.05) is 23.2 Å². The molecule has 3 rings (SSSR count). The first-order valence-corrected chi connectivity index (χ1v) is 13.9. The van der Waals surface area contributed by atoms with Gasteiger partial charge in [0.05, 0.1) is 18.2 Å². The van der Waals surface area contributed by atoms with Crippen molar-refractivity contribution >= 4 is 50.3 Å². The highest BCUT2D eigenvalue weighted by Crippen LogP contribution is 2.36. The predicted molar refractivity (Wildman–Crippen MR) is 134 cm³/mol. The number of halogens is 3. The summed E-state index contributed by atoms with van der Waals surface area (Å²) < 4.78 is 50.9. The Morgan fingerprint density at radius 2 is 2.00 bits per heavy atom. The summed E-state index contributed by atoms with van der Waals surface area (Å²) >= 11 is 13.6. The van der Waals surface area contributed by atoms with Gasteiger partial charge in [-0.25, -0.2) is 17.8 Å². The lowest BCUT2D eigenvalue weighted by molar-refractivity contribution is -0.141. The molecule has 2 aromatic carbocycles. The van der Waals surface area contributed by atoms with Crippen LogP contribution in [0.15, 0.2) is 46.8 Å². The molecular weight excluding hydrogens is 538 g/mol. The second-order valence-electron chi connectivity index (χ2n) is 7.34. The number of rotatable bonds is 12. The van der Waals surface area contributed by atoms with Crippen molar-refractivity contribution in [1.29, 1.82) is 0 Å². The summed E-state index contributed by atoms with van der Waals surface area (Å²) in [6, 6.07) is 6.97. The Kier molecular flexibility index (Phi) is 9.88. The fraction of sp³-hybridized carbons (Fsp3) is 0.304. The van der Waals surface area contributed by atoms with Crippen LogP contribution in [0.5, 0.6) is 11.5 Å². The fourth-order valence-electron chi connectivity index (χ4n) is 3.16. The van der Waals surface area contributed by atoms with E-state index in [1.54, 1.807) is 30.5 Å². The Morgan fingerprint density at radius 3 is 2.71 bits per heavy atom. The van der Waals surface area contributed by atoms with E-state index in [4.69, 9.17) is 32.7 Å². The van der Waals surface area contributed by atoms with E-state index in [2.05, 4.69) is 10.3 Å². The van der Waals surface area contributed by atoms with E-state index >= 15 is 0 Å². The van der Waals surface area contributed by atoms with Gasteiger partial charge in [0.2, 0.25) is 0 Å². The van der Waals surface area contributed by atoms with E-state index in [0.29, 0.717) is 41.8 Å². The maximum atomic E-state index is 14.8. The number of aryl methyl sites for hydroxylation is 1. The number of carbonyl (C=O) groups excluding carboxylic acids is 1. The normalized spacial score (nSPS) is 11.4. The predicted octanol–water partition coefficient (Wildman–Crippen LogP) is 5.44. The SMILES string of the molecule is CCOC(=O)CNCCCc1cc(Cl)ccc1Oc1cc(F)c(S(=O)(=O)Cc2nccs2)cc1Cl. The average Bonchev–Trinajstić information content (AvgIpc) is 3.29. The number of nitrogens with zero attached hydrogens (tertiary/aromatic N) is 1. The van der Waals surface area contributed by atoms with Crippen LogP contribution in [0, 0.1) is 5.82 Å². The molecule has 35 heavy (non-hydrogen) atoms. The summed E-state index contributed by atoms with van der Waals surface area (Å²) in [4.78, 5) is 14.8. The van der Waals surface area contributed by atoms with Crippen LogP contribution in [0.1, 0.15) is 23.9 Å². The maximum absolute atomic E-state index is 14.8. The highest BCUT2D eigenvalue weighted by atomic mass is 35.5. The molecule has 0 saturated carbocycles. The van der Waals surface area contributed by atoms with Crippen LogP contribution >= 0.6 is 34.5 Å². The molecular formula is C23H23Cl2FN2O5S2. The van der Waals surface area contributed by atoms with Crippen LogP contribution < -0.4 is 10.1 Å². The van der Waals surface area contributed by atoms with Crippen molar-refractivity contribution in [2.75, 3.05) is 19.7 Å². The van der Waals surface area contributed by atoms with Crippen molar-refractivity contribution in [3.63, 3.8) is 0 Å². The number of esters is 1. The molecule has 1 heterocycles. The Hall–Kier alpha value is -2.24. The third-order valence-corrected chi connectivity index (χ3v) is 7.86. The van der Waals surface area contributed by atoms with Crippen LogP contribution in [0.4, 0.5) is 4.39 Å². The van der Waals surface area contributed by atoms with Crippen LogP contribution in [-0.2, 0) is 31.5 Å². The average molecular weight is 561 g/mol. The molecule has 0 fully saturated rings. The molecule has 1 N–H and O–H groups in total. The second-order valence-corrected chi connectivity index (χ2v) is 11.1. The molecule has 0 spiro atoms. The van der Waals surface area contributed by atoms with E-state index < -0.39 is 26.3 Å². The maximum Gasteiger partial charge on any atom is 0.319 e. The Bertz CT molecular complexity index is 1270. The third kappa shape index (κ3) is 7.88. The summed E-state index contributed by atoms with van der Waals surface area (Å²) in [6.07, 6.45) is 2.69. The number of sulfone groups is 1. The van der Waals surface area contributed by atoms with Crippen molar-refractivity contribution in [2.24, 2.45) is 0 Å². The molecule has 0 radical (unpaired) electrons. The molecule has 0 aliphatic carbocycles. The zero-order chi connectivity index (χ0) is 25.4. The number of thiazole rings is 1. The van der Waals surface area contributed by atoms with Gasteiger partial charge in [-0.15, -0.1) is 11.3 Å². The van der Waals surface area contributed by atoms with Gasteiger partial charge in [-0.05, 0) is 56.1 Å². The molecule has 0 aliphatic heterocycles. The summed E-state index contributed by atoms with van der Waals surface area (Å²) in [7, 11) is -3.99. The standard InChI is InChI=1S/C23H23Cl2FN2O5S2/c1-2-32-23(29)13-27-7-3-4-15-10-16(24)5-6-19(15)33-20-12-18(26)21(11-17(20)25)35(30,31)14-22-28-8-9-34-22/h5-6,8-12,27H,2-4,7,13-14H2,1H3. The first kappa shape index (κ1) is 27.3. The topological polar surface area (TPSA) is 94.6 Å². The number of hydrogen-bond acceptors (Lipinski definition) is 8. The van der Waals surface area contributed by atoms with Gasteiger partial charge >= 0.3 is 5.97 Å². The third-order valence-electron chi connectivity index (χ3n) is 4.74. The monoisotopic (exact) mass is 560 g/mol. The largest absolute Gasteiger partial charge is 0.465 e. The molecule has 12 heteroatoms. The van der Waals surface area contributed by atoms with E-state index in [1.807, 2.05) is 0 Å². The second kappa shape index (κ2) is 12.6. The Balaban J connectivity index is 1.72. The van der Waals surface area contributed by atoms with Crippen molar-refractivity contribution in [2.45, 2.75) is 30.4 Å². The summed E-state index contributed by atoms with van der Waals surface area (Å²) in [5, 5.41) is 5.43. The van der Waals surface area contributed by atoms with Crippen LogP contribution in [0.25, 0.3) is 0 Å². The van der Waals surface area contributed by atoms with Gasteiger partial charge in [0.15, 0.2) is 9.84 Å². The number of carbonyl (C=O) groups is 1. The highest BCUT2D eigenvalue weighted by Gasteiger charge is 2.24. The molecule has 0 aliphatic rings. The number of aromatic nitrogens is 1. The van der Waals surface area contributed by atoms with Gasteiger partial charge in [-0.2, -0.15) is 0 Å². The van der Waals surface area contributed by atoms with Crippen molar-refractivity contribution in [1.82, 2.24) is 10.3 Å². The minimum atomic E-state index is -3.99. The van der Waals surface area contributed by atoms with Gasteiger partial charge in [0.25, 0.3) is 0 Å². The molecule has 1 aromatic heterocycles. The lowest BCUT2D eigenvalue weighted by atomic mass is 10.1. The quantitative estimate of drug-likeness (QED) is 0.233. The number of benzene rings is 2. The minimum Gasteiger partial charge on any atom is -0.465 e. The zero-order valence-corrected chi connectivity index (χ0v) is 21.9. The molecule has 188 valence electrons. The minimum absolute atomic E-state index is 0.0265. The van der Waals surface area contributed by atoms with Gasteiger partial charge < -0.3 is 14.8 Å². The molecule has 0 unspecified atom stereocenters. The van der Waals surface area contributed by atoms with Crippen molar-refractivity contribution < 1.29 is 27.1 Å². The smallest absolute Gasteiger partial charge is 0.319 e. The van der Waals surface area contributed by atoms with Gasteiger partial charge in [-0.3, -0.25) is 4.79 Å². The number of hydrogen-bond donors (Lipinski definition) is 1. The van der Waals surface area contributed by atoms with Crippen LogP contribution in [0.3, 0.4) is 0 Å². The highest BCUT2D eigenvalue weighted by molar-refractivity contribution is 7.90. The van der Waals surface area contributed by atoms with E-state index in [1.165, 1.54) is 17.5 Å². The summed E-state index contributed by atoms with van der Waals surface area (Å²) in [6.45, 7) is 2.72.